The van der Waals surface area contributed by atoms with E-state index in [-0.39, 0.29) is 18.0 Å². The highest BCUT2D eigenvalue weighted by molar-refractivity contribution is 5.24. The Morgan fingerprint density at radius 1 is 0.810 bits per heavy atom. The first-order chi connectivity index (χ1) is 10.3. The van der Waals surface area contributed by atoms with E-state index >= 15 is 0 Å². The van der Waals surface area contributed by atoms with E-state index in [9.17, 15) is 0 Å². The molecule has 0 radical (unpaired) electrons. The molecule has 0 saturated carbocycles. The molecule has 0 bridgehead atoms. The quantitative estimate of drug-likeness (QED) is 0.841. The number of ether oxygens (including phenoxy) is 2. The molecule has 2 aliphatic rings. The maximum atomic E-state index is 6.11. The van der Waals surface area contributed by atoms with Crippen molar-refractivity contribution in [2.45, 2.75) is 24.9 Å². The summed E-state index contributed by atoms with van der Waals surface area (Å²) in [6.07, 6.45) is -0.0761. The maximum absolute atomic E-state index is 6.11. The van der Waals surface area contributed by atoms with Gasteiger partial charge in [0.05, 0.1) is 18.8 Å². The lowest BCUT2D eigenvalue weighted by molar-refractivity contribution is -0.0616. The van der Waals surface area contributed by atoms with Crippen molar-refractivity contribution < 1.29 is 9.47 Å². The Kier molecular flexibility index (Phi) is 3.07. The van der Waals surface area contributed by atoms with Gasteiger partial charge >= 0.3 is 0 Å². The highest BCUT2D eigenvalue weighted by Crippen LogP contribution is 2.48. The fraction of sp³-hybridized carbons (Fsp3) is 0.333. The average Bonchev–Trinajstić information content (AvgIpc) is 3.04. The maximum Gasteiger partial charge on any atom is 0.139 e. The first kappa shape index (κ1) is 13.0. The highest BCUT2D eigenvalue weighted by atomic mass is 16.6. The van der Waals surface area contributed by atoms with Crippen LogP contribution in [0.5, 0.6) is 0 Å². The molecule has 3 atom stereocenters. The van der Waals surface area contributed by atoms with Gasteiger partial charge < -0.3 is 9.47 Å². The largest absolute Gasteiger partial charge is 0.357 e. The smallest absolute Gasteiger partial charge is 0.139 e. The monoisotopic (exact) mass is 281 g/mol. The van der Waals surface area contributed by atoms with Crippen molar-refractivity contribution in [1.82, 2.24) is 4.90 Å². The van der Waals surface area contributed by atoms with Gasteiger partial charge in [-0.1, -0.05) is 60.7 Å². The van der Waals surface area contributed by atoms with Crippen LogP contribution in [0.25, 0.3) is 0 Å². The predicted octanol–water partition coefficient (Wildman–Crippen LogP) is 3.51. The van der Waals surface area contributed by atoms with Crippen LogP contribution >= 0.6 is 0 Å². The van der Waals surface area contributed by atoms with Crippen LogP contribution in [0, 0.1) is 0 Å². The molecule has 4 rings (SSSR count). The summed E-state index contributed by atoms with van der Waals surface area (Å²) >= 11 is 0. The number of hydrogen-bond donors (Lipinski definition) is 0. The van der Waals surface area contributed by atoms with Gasteiger partial charge in [-0.2, -0.15) is 0 Å². The SMILES string of the molecule is CC12CO[C@H](c3ccccc3)N1[C@H](c1ccccc1)OC2. The zero-order chi connectivity index (χ0) is 14.3. The Morgan fingerprint density at radius 2 is 1.24 bits per heavy atom. The first-order valence-corrected chi connectivity index (χ1v) is 7.39. The molecule has 2 saturated heterocycles. The van der Waals surface area contributed by atoms with Crippen LogP contribution in [0.1, 0.15) is 30.5 Å². The molecule has 0 aliphatic carbocycles. The highest BCUT2D eigenvalue weighted by Gasteiger charge is 2.53. The summed E-state index contributed by atoms with van der Waals surface area (Å²) in [5.41, 5.74) is 2.32. The Morgan fingerprint density at radius 3 is 1.67 bits per heavy atom. The molecule has 0 N–H and O–H groups in total. The summed E-state index contributed by atoms with van der Waals surface area (Å²) in [5, 5.41) is 0. The molecule has 0 amide bonds. The van der Waals surface area contributed by atoms with E-state index in [4.69, 9.17) is 9.47 Å². The van der Waals surface area contributed by atoms with Gasteiger partial charge in [-0.3, -0.25) is 0 Å². The molecular formula is C18H19NO2. The van der Waals surface area contributed by atoms with Crippen LogP contribution in [0.2, 0.25) is 0 Å². The average molecular weight is 281 g/mol. The fourth-order valence-corrected chi connectivity index (χ4v) is 3.31. The molecular weight excluding hydrogens is 262 g/mol. The molecule has 2 fully saturated rings. The summed E-state index contributed by atoms with van der Waals surface area (Å²) in [7, 11) is 0. The van der Waals surface area contributed by atoms with Crippen molar-refractivity contribution in [3.05, 3.63) is 71.8 Å². The standard InChI is InChI=1S/C18H19NO2/c1-18-12-20-16(14-8-4-2-5-9-14)19(18)17(21-13-18)15-10-6-3-7-11-15/h2-11,16-17H,12-13H2,1H3/t16-,17+,18?. The molecule has 2 heterocycles. The minimum Gasteiger partial charge on any atom is -0.357 e. The van der Waals surface area contributed by atoms with Crippen LogP contribution in [0.15, 0.2) is 60.7 Å². The van der Waals surface area contributed by atoms with Crippen molar-refractivity contribution in [3.8, 4) is 0 Å². The van der Waals surface area contributed by atoms with E-state index < -0.39 is 0 Å². The Hall–Kier alpha value is -1.68. The summed E-state index contributed by atoms with van der Waals surface area (Å²) < 4.78 is 12.2. The van der Waals surface area contributed by atoms with Crippen LogP contribution in [0.4, 0.5) is 0 Å². The molecule has 0 spiro atoms. The van der Waals surface area contributed by atoms with Gasteiger partial charge in [-0.05, 0) is 18.1 Å². The second-order valence-electron chi connectivity index (χ2n) is 6.05. The molecule has 21 heavy (non-hydrogen) atoms. The number of benzene rings is 2. The van der Waals surface area contributed by atoms with Crippen LogP contribution in [-0.4, -0.2) is 23.7 Å². The Balaban J connectivity index is 1.72. The summed E-state index contributed by atoms with van der Waals surface area (Å²) in [6.45, 7) is 3.63. The van der Waals surface area contributed by atoms with Crippen molar-refractivity contribution >= 4 is 0 Å². The predicted molar refractivity (Wildman–Crippen MR) is 80.5 cm³/mol. The van der Waals surface area contributed by atoms with Crippen LogP contribution in [-0.2, 0) is 9.47 Å². The van der Waals surface area contributed by atoms with Gasteiger partial charge in [0.25, 0.3) is 0 Å². The van der Waals surface area contributed by atoms with E-state index in [0.29, 0.717) is 13.2 Å². The van der Waals surface area contributed by atoms with Crippen LogP contribution in [0.3, 0.4) is 0 Å². The van der Waals surface area contributed by atoms with Crippen LogP contribution < -0.4 is 0 Å². The summed E-state index contributed by atoms with van der Waals surface area (Å²) in [5.74, 6) is 0. The second-order valence-corrected chi connectivity index (χ2v) is 6.05. The number of fused-ring (bicyclic) bond motifs is 1. The molecule has 3 heteroatoms. The topological polar surface area (TPSA) is 21.7 Å². The third-order valence-electron chi connectivity index (χ3n) is 4.40. The minimum atomic E-state index is -0.0545. The van der Waals surface area contributed by atoms with Crippen molar-refractivity contribution in [2.24, 2.45) is 0 Å². The lowest BCUT2D eigenvalue weighted by Gasteiger charge is -2.31. The van der Waals surface area contributed by atoms with Crippen molar-refractivity contribution in [2.75, 3.05) is 13.2 Å². The number of nitrogens with zero attached hydrogens (tertiary/aromatic N) is 1. The summed E-state index contributed by atoms with van der Waals surface area (Å²) in [6, 6.07) is 20.8. The van der Waals surface area contributed by atoms with E-state index in [1.165, 1.54) is 11.1 Å². The summed E-state index contributed by atoms with van der Waals surface area (Å²) in [4.78, 5) is 2.37. The van der Waals surface area contributed by atoms with Gasteiger partial charge in [0, 0.05) is 0 Å². The zero-order valence-corrected chi connectivity index (χ0v) is 12.1. The van der Waals surface area contributed by atoms with E-state index in [0.717, 1.165) is 0 Å². The van der Waals surface area contributed by atoms with Gasteiger partial charge in [0.15, 0.2) is 0 Å². The van der Waals surface area contributed by atoms with E-state index in [1.54, 1.807) is 0 Å². The third-order valence-corrected chi connectivity index (χ3v) is 4.40. The second kappa shape index (κ2) is 4.95. The van der Waals surface area contributed by atoms with Gasteiger partial charge in [-0.15, -0.1) is 0 Å². The van der Waals surface area contributed by atoms with E-state index in [1.807, 2.05) is 12.1 Å². The number of rotatable bonds is 2. The van der Waals surface area contributed by atoms with Gasteiger partial charge in [0.1, 0.15) is 12.5 Å². The lowest BCUT2D eigenvalue weighted by atomic mass is 10.0. The zero-order valence-electron chi connectivity index (χ0n) is 12.1. The molecule has 2 aliphatic heterocycles. The molecule has 0 aromatic heterocycles. The van der Waals surface area contributed by atoms with Gasteiger partial charge in [-0.25, -0.2) is 4.90 Å². The Bertz CT molecular complexity index is 562. The number of hydrogen-bond acceptors (Lipinski definition) is 3. The fourth-order valence-electron chi connectivity index (χ4n) is 3.31. The third kappa shape index (κ3) is 2.09. The molecule has 3 nitrogen and oxygen atoms in total. The first-order valence-electron chi connectivity index (χ1n) is 7.39. The Labute approximate surface area is 125 Å². The normalized spacial score (nSPS) is 32.2. The molecule has 1 unspecified atom stereocenters. The molecule has 2 aromatic rings. The minimum absolute atomic E-state index is 0.0380. The molecule has 2 aromatic carbocycles. The van der Waals surface area contributed by atoms with Crippen molar-refractivity contribution in [3.63, 3.8) is 0 Å². The van der Waals surface area contributed by atoms with Crippen molar-refractivity contribution in [1.29, 1.82) is 0 Å². The van der Waals surface area contributed by atoms with E-state index in [2.05, 4.69) is 60.4 Å². The van der Waals surface area contributed by atoms with Gasteiger partial charge in [0.2, 0.25) is 0 Å². The molecule has 108 valence electrons. The lowest BCUT2D eigenvalue weighted by Crippen LogP contribution is -2.41.